The van der Waals surface area contributed by atoms with Crippen molar-refractivity contribution in [3.05, 3.63) is 16.3 Å². The molecule has 1 saturated carbocycles. The number of nitrogens with one attached hydrogen (secondary N) is 1. The largest absolute Gasteiger partial charge is 0.378 e. The van der Waals surface area contributed by atoms with Gasteiger partial charge in [-0.3, -0.25) is 10.1 Å². The second kappa shape index (κ2) is 6.05. The number of thioether (sulfide) groups is 1. The van der Waals surface area contributed by atoms with Gasteiger partial charge in [-0.05, 0) is 19.1 Å². The van der Waals surface area contributed by atoms with Gasteiger partial charge in [0.1, 0.15) is 6.20 Å². The van der Waals surface area contributed by atoms with Crippen LogP contribution in [-0.2, 0) is 0 Å². The molecule has 2 rings (SSSR count). The normalized spacial score (nSPS) is 23.0. The van der Waals surface area contributed by atoms with Gasteiger partial charge in [0.15, 0.2) is 0 Å². The summed E-state index contributed by atoms with van der Waals surface area (Å²) >= 11 is 1.83. The van der Waals surface area contributed by atoms with Gasteiger partial charge in [-0.2, -0.15) is 16.7 Å². The summed E-state index contributed by atoms with van der Waals surface area (Å²) in [6.45, 7) is 0. The smallest absolute Gasteiger partial charge is 0.329 e. The summed E-state index contributed by atoms with van der Waals surface area (Å²) in [4.78, 5) is 18.0. The highest BCUT2D eigenvalue weighted by molar-refractivity contribution is 7.99. The molecule has 0 amide bonds. The van der Waals surface area contributed by atoms with Gasteiger partial charge in [0.05, 0.1) is 4.92 Å². The van der Waals surface area contributed by atoms with Crippen molar-refractivity contribution in [2.75, 3.05) is 17.3 Å². The summed E-state index contributed by atoms with van der Waals surface area (Å²) in [5.74, 6) is 0.271. The van der Waals surface area contributed by atoms with Crippen molar-refractivity contribution in [1.82, 2.24) is 9.97 Å². The van der Waals surface area contributed by atoms with Crippen LogP contribution in [0.3, 0.4) is 0 Å². The summed E-state index contributed by atoms with van der Waals surface area (Å²) < 4.78 is 0. The van der Waals surface area contributed by atoms with Gasteiger partial charge in [-0.25, -0.2) is 4.98 Å². The van der Waals surface area contributed by atoms with Gasteiger partial charge in [-0.1, -0.05) is 12.8 Å². The van der Waals surface area contributed by atoms with E-state index >= 15 is 0 Å². The van der Waals surface area contributed by atoms with Gasteiger partial charge < -0.3 is 11.1 Å². The maximum Gasteiger partial charge on any atom is 0.329 e. The third-order valence-corrected chi connectivity index (χ3v) is 4.48. The number of nitrogens with two attached hydrogens (primary N) is 1. The van der Waals surface area contributed by atoms with Crippen LogP contribution >= 0.6 is 11.8 Å². The van der Waals surface area contributed by atoms with E-state index in [1.165, 1.54) is 19.3 Å². The molecule has 0 aliphatic heterocycles. The zero-order chi connectivity index (χ0) is 13.8. The highest BCUT2D eigenvalue weighted by atomic mass is 32.2. The monoisotopic (exact) mass is 283 g/mol. The molecule has 1 heterocycles. The van der Waals surface area contributed by atoms with Crippen molar-refractivity contribution in [1.29, 1.82) is 0 Å². The lowest BCUT2D eigenvalue weighted by molar-refractivity contribution is -0.384. The highest BCUT2D eigenvalue weighted by Gasteiger charge is 2.25. The van der Waals surface area contributed by atoms with Crippen LogP contribution in [-0.4, -0.2) is 32.4 Å². The van der Waals surface area contributed by atoms with E-state index in [0.29, 0.717) is 17.2 Å². The molecule has 0 aromatic carbocycles. The first-order chi connectivity index (χ1) is 9.11. The molecule has 1 fully saturated rings. The number of hydrogen-bond donors (Lipinski definition) is 2. The fourth-order valence-corrected chi connectivity index (χ4v) is 3.24. The Kier molecular flexibility index (Phi) is 4.41. The average Bonchev–Trinajstić information content (AvgIpc) is 2.39. The fraction of sp³-hybridized carbons (Fsp3) is 0.636. The fourth-order valence-electron chi connectivity index (χ4n) is 2.31. The maximum absolute atomic E-state index is 10.6. The van der Waals surface area contributed by atoms with Gasteiger partial charge >= 0.3 is 5.69 Å². The van der Waals surface area contributed by atoms with Gasteiger partial charge in [0.2, 0.25) is 11.8 Å². The molecule has 0 spiro atoms. The van der Waals surface area contributed by atoms with Crippen molar-refractivity contribution in [3.63, 3.8) is 0 Å². The van der Waals surface area contributed by atoms with Crippen LogP contribution in [0.25, 0.3) is 0 Å². The van der Waals surface area contributed by atoms with Crippen LogP contribution in [0.5, 0.6) is 0 Å². The minimum Gasteiger partial charge on any atom is -0.378 e. The molecule has 0 radical (unpaired) electrons. The summed E-state index contributed by atoms with van der Waals surface area (Å²) in [5.41, 5.74) is 5.30. The summed E-state index contributed by atoms with van der Waals surface area (Å²) in [6.07, 6.45) is 7.90. The lowest BCUT2D eigenvalue weighted by Crippen LogP contribution is -2.34. The lowest BCUT2D eigenvalue weighted by atomic mass is 9.95. The van der Waals surface area contributed by atoms with Crippen molar-refractivity contribution in [2.24, 2.45) is 0 Å². The Balaban J connectivity index is 2.10. The quantitative estimate of drug-likeness (QED) is 0.643. The first kappa shape index (κ1) is 13.9. The molecule has 1 aliphatic rings. The third-order valence-electron chi connectivity index (χ3n) is 3.31. The van der Waals surface area contributed by atoms with Gasteiger partial charge in [0.25, 0.3) is 0 Å². The van der Waals surface area contributed by atoms with Crippen LogP contribution in [0.4, 0.5) is 17.5 Å². The van der Waals surface area contributed by atoms with E-state index in [2.05, 4.69) is 21.5 Å². The van der Waals surface area contributed by atoms with E-state index in [0.717, 1.165) is 12.6 Å². The zero-order valence-electron chi connectivity index (χ0n) is 10.7. The molecule has 1 aromatic heterocycles. The standard InChI is InChI=1S/C11H17N5O2S/c1-19-9-5-3-2-4-7(9)14-11-13-6-8(16(17)18)10(12)15-11/h6-7,9H,2-5H2,1H3,(H3,12,13,14,15). The Morgan fingerprint density at radius 1 is 1.53 bits per heavy atom. The summed E-state index contributed by atoms with van der Waals surface area (Å²) in [5, 5.41) is 14.4. The van der Waals surface area contributed by atoms with Crippen molar-refractivity contribution < 1.29 is 4.92 Å². The van der Waals surface area contributed by atoms with E-state index in [1.807, 2.05) is 11.8 Å². The molecular formula is C11H17N5O2S. The SMILES string of the molecule is CSC1CCCCC1Nc1ncc([N+](=O)[O-])c(N)n1. The number of nitrogen functional groups attached to an aromatic ring is 1. The van der Waals surface area contributed by atoms with Gasteiger partial charge in [-0.15, -0.1) is 0 Å². The van der Waals surface area contributed by atoms with Crippen LogP contribution in [0, 0.1) is 10.1 Å². The zero-order valence-corrected chi connectivity index (χ0v) is 11.5. The highest BCUT2D eigenvalue weighted by Crippen LogP contribution is 2.29. The predicted molar refractivity (Wildman–Crippen MR) is 76.3 cm³/mol. The molecule has 1 aromatic rings. The molecule has 0 bridgehead atoms. The van der Waals surface area contributed by atoms with Crippen LogP contribution in [0.2, 0.25) is 0 Å². The second-order valence-electron chi connectivity index (χ2n) is 4.53. The van der Waals surface area contributed by atoms with Crippen molar-refractivity contribution in [3.8, 4) is 0 Å². The molecule has 104 valence electrons. The van der Waals surface area contributed by atoms with E-state index < -0.39 is 4.92 Å². The molecule has 3 N–H and O–H groups in total. The molecular weight excluding hydrogens is 266 g/mol. The Morgan fingerprint density at radius 3 is 2.89 bits per heavy atom. The Hall–Kier alpha value is -1.57. The number of nitro groups is 1. The number of anilines is 2. The molecule has 1 aliphatic carbocycles. The number of hydrogen-bond acceptors (Lipinski definition) is 7. The second-order valence-corrected chi connectivity index (χ2v) is 5.61. The Labute approximate surface area is 115 Å². The Bertz CT molecular complexity index is 470. The molecule has 2 atom stereocenters. The van der Waals surface area contributed by atoms with E-state index in [4.69, 9.17) is 5.73 Å². The first-order valence-corrected chi connectivity index (χ1v) is 7.47. The predicted octanol–water partition coefficient (Wildman–Crippen LogP) is 2.05. The van der Waals surface area contributed by atoms with E-state index in [-0.39, 0.29) is 11.5 Å². The van der Waals surface area contributed by atoms with Crippen molar-refractivity contribution >= 4 is 29.2 Å². The summed E-state index contributed by atoms with van der Waals surface area (Å²) in [6, 6.07) is 0.296. The number of nitrogens with zero attached hydrogens (tertiary/aromatic N) is 3. The minimum atomic E-state index is -0.579. The minimum absolute atomic E-state index is 0.0981. The molecule has 2 unspecified atom stereocenters. The molecule has 7 nitrogen and oxygen atoms in total. The number of aromatic nitrogens is 2. The van der Waals surface area contributed by atoms with Crippen molar-refractivity contribution in [2.45, 2.75) is 37.0 Å². The first-order valence-electron chi connectivity index (χ1n) is 6.18. The molecule has 0 saturated heterocycles. The number of rotatable bonds is 4. The molecule has 8 heteroatoms. The lowest BCUT2D eigenvalue weighted by Gasteiger charge is -2.30. The van der Waals surface area contributed by atoms with Crippen LogP contribution in [0.15, 0.2) is 6.20 Å². The van der Waals surface area contributed by atoms with Crippen LogP contribution < -0.4 is 11.1 Å². The maximum atomic E-state index is 10.6. The van der Waals surface area contributed by atoms with Crippen LogP contribution in [0.1, 0.15) is 25.7 Å². The Morgan fingerprint density at radius 2 is 2.26 bits per heavy atom. The average molecular weight is 283 g/mol. The summed E-state index contributed by atoms with van der Waals surface area (Å²) in [7, 11) is 0. The van der Waals surface area contributed by atoms with E-state index in [9.17, 15) is 10.1 Å². The molecule has 19 heavy (non-hydrogen) atoms. The topological polar surface area (TPSA) is 107 Å². The third kappa shape index (κ3) is 3.25. The van der Waals surface area contributed by atoms with Gasteiger partial charge in [0, 0.05) is 11.3 Å². The van der Waals surface area contributed by atoms with E-state index in [1.54, 1.807) is 0 Å².